The van der Waals surface area contributed by atoms with Crippen LogP contribution in [0.15, 0.2) is 47.6 Å². The maximum absolute atomic E-state index is 13.1. The second-order valence-electron chi connectivity index (χ2n) is 6.12. The smallest absolute Gasteiger partial charge is 0.339 e. The maximum Gasteiger partial charge on any atom is 0.339 e. The van der Waals surface area contributed by atoms with Gasteiger partial charge in [0.15, 0.2) is 0 Å². The summed E-state index contributed by atoms with van der Waals surface area (Å²) in [5, 5.41) is 4.62. The minimum absolute atomic E-state index is 0.0923. The third kappa shape index (κ3) is 2.75. The second kappa shape index (κ2) is 6.92. The highest BCUT2D eigenvalue weighted by atomic mass is 35.5. The molecule has 0 saturated carbocycles. The molecule has 142 valence electrons. The monoisotopic (exact) mass is 418 g/mol. The van der Waals surface area contributed by atoms with Gasteiger partial charge in [-0.2, -0.15) is 0 Å². The van der Waals surface area contributed by atoms with Crippen LogP contribution in [0.1, 0.15) is 15.9 Å². The van der Waals surface area contributed by atoms with Crippen LogP contribution in [-0.4, -0.2) is 36.7 Å². The van der Waals surface area contributed by atoms with E-state index in [0.717, 1.165) is 4.90 Å². The molecule has 2 atom stereocenters. The van der Waals surface area contributed by atoms with Crippen molar-refractivity contribution in [3.63, 3.8) is 0 Å². The first-order valence-electron chi connectivity index (χ1n) is 8.18. The molecule has 0 radical (unpaired) electrons. The number of anilines is 1. The Labute approximate surface area is 169 Å². The number of hydrogen-bond donors (Lipinski definition) is 0. The van der Waals surface area contributed by atoms with Crippen molar-refractivity contribution in [2.24, 2.45) is 11.1 Å². The molecule has 2 aliphatic heterocycles. The fourth-order valence-corrected chi connectivity index (χ4v) is 3.79. The number of benzene rings is 2. The molecule has 2 aromatic rings. The van der Waals surface area contributed by atoms with Gasteiger partial charge in [0.2, 0.25) is 12.0 Å². The molecule has 0 aromatic heterocycles. The van der Waals surface area contributed by atoms with Crippen molar-refractivity contribution < 1.29 is 24.0 Å². The van der Waals surface area contributed by atoms with Gasteiger partial charge in [0.1, 0.15) is 11.6 Å². The summed E-state index contributed by atoms with van der Waals surface area (Å²) in [6.45, 7) is 0. The molecular weight excluding hydrogens is 407 g/mol. The van der Waals surface area contributed by atoms with Crippen LogP contribution in [0.5, 0.6) is 0 Å². The molecule has 2 aromatic carbocycles. The number of esters is 1. The Morgan fingerprint density at radius 1 is 1.14 bits per heavy atom. The summed E-state index contributed by atoms with van der Waals surface area (Å²) in [6, 6.07) is 10.9. The first-order valence-corrected chi connectivity index (χ1v) is 8.94. The number of hydrogen-bond acceptors (Lipinski definition) is 6. The summed E-state index contributed by atoms with van der Waals surface area (Å²) in [6.07, 6.45) is -1.13. The third-order valence-electron chi connectivity index (χ3n) is 4.57. The summed E-state index contributed by atoms with van der Waals surface area (Å²) < 4.78 is 4.75. The fourth-order valence-electron chi connectivity index (χ4n) is 3.29. The number of fused-ring (bicyclic) bond motifs is 1. The predicted molar refractivity (Wildman–Crippen MR) is 102 cm³/mol. The number of imide groups is 1. The Hall–Kier alpha value is -2.90. The van der Waals surface area contributed by atoms with Gasteiger partial charge in [-0.05, 0) is 24.3 Å². The van der Waals surface area contributed by atoms with Gasteiger partial charge >= 0.3 is 5.97 Å². The van der Waals surface area contributed by atoms with Crippen molar-refractivity contribution in [1.82, 2.24) is 0 Å². The zero-order valence-electron chi connectivity index (χ0n) is 14.4. The Bertz CT molecular complexity index is 1050. The Balaban J connectivity index is 1.75. The zero-order valence-corrected chi connectivity index (χ0v) is 15.9. The van der Waals surface area contributed by atoms with Crippen LogP contribution in [0.3, 0.4) is 0 Å². The van der Waals surface area contributed by atoms with Gasteiger partial charge in [-0.3, -0.25) is 9.59 Å². The summed E-state index contributed by atoms with van der Waals surface area (Å²) >= 11 is 12.2. The number of rotatable bonds is 3. The normalized spacial score (nSPS) is 20.7. The highest BCUT2D eigenvalue weighted by molar-refractivity contribution is 6.39. The van der Waals surface area contributed by atoms with E-state index in [-0.39, 0.29) is 22.0 Å². The Morgan fingerprint density at radius 3 is 2.61 bits per heavy atom. The lowest BCUT2D eigenvalue weighted by atomic mass is 9.94. The van der Waals surface area contributed by atoms with E-state index in [1.807, 2.05) is 0 Å². The van der Waals surface area contributed by atoms with Crippen molar-refractivity contribution >= 4 is 52.4 Å². The van der Waals surface area contributed by atoms with Gasteiger partial charge in [-0.15, -0.1) is 0 Å². The summed E-state index contributed by atoms with van der Waals surface area (Å²) in [7, 11) is 1.22. The minimum atomic E-state index is -1.13. The van der Waals surface area contributed by atoms with E-state index >= 15 is 0 Å². The molecule has 4 rings (SSSR count). The molecule has 0 bridgehead atoms. The van der Waals surface area contributed by atoms with Gasteiger partial charge in [0.25, 0.3) is 5.91 Å². The van der Waals surface area contributed by atoms with Crippen molar-refractivity contribution in [2.45, 2.75) is 6.10 Å². The highest BCUT2D eigenvalue weighted by Crippen LogP contribution is 2.38. The minimum Gasteiger partial charge on any atom is -0.465 e. The summed E-state index contributed by atoms with van der Waals surface area (Å²) in [5.41, 5.74) is 0.907. The molecule has 1 fully saturated rings. The quantitative estimate of drug-likeness (QED) is 0.564. The van der Waals surface area contributed by atoms with Crippen molar-refractivity contribution in [3.05, 3.63) is 63.6 Å². The largest absolute Gasteiger partial charge is 0.465 e. The second-order valence-corrected chi connectivity index (χ2v) is 6.97. The Morgan fingerprint density at radius 2 is 1.89 bits per heavy atom. The predicted octanol–water partition coefficient (Wildman–Crippen LogP) is 3.07. The molecule has 9 heteroatoms. The van der Waals surface area contributed by atoms with Crippen LogP contribution in [0.2, 0.25) is 10.0 Å². The number of carbonyl (C=O) groups is 3. The van der Waals surface area contributed by atoms with Gasteiger partial charge in [-0.1, -0.05) is 46.6 Å². The van der Waals surface area contributed by atoms with E-state index < -0.39 is 29.8 Å². The van der Waals surface area contributed by atoms with E-state index in [1.54, 1.807) is 24.3 Å². The van der Waals surface area contributed by atoms with Gasteiger partial charge in [-0.25, -0.2) is 9.69 Å². The van der Waals surface area contributed by atoms with Gasteiger partial charge in [0.05, 0.1) is 23.4 Å². The molecule has 0 spiro atoms. The molecule has 7 nitrogen and oxygen atoms in total. The SMILES string of the molecule is COC(=O)c1ccccc1N1C(=O)[C@@H]2C(c3ccc(Cl)cc3Cl)=NO[C@@H]2C1=O. The van der Waals surface area contributed by atoms with Gasteiger partial charge in [0, 0.05) is 10.6 Å². The molecule has 2 amide bonds. The maximum atomic E-state index is 13.1. The van der Waals surface area contributed by atoms with Gasteiger partial charge < -0.3 is 9.57 Å². The number of amides is 2. The molecule has 0 N–H and O–H groups in total. The molecule has 1 saturated heterocycles. The number of halogens is 2. The summed E-state index contributed by atoms with van der Waals surface area (Å²) in [4.78, 5) is 44.3. The third-order valence-corrected chi connectivity index (χ3v) is 5.12. The van der Waals surface area contributed by atoms with Crippen LogP contribution < -0.4 is 4.90 Å². The molecule has 0 aliphatic carbocycles. The molecule has 0 unspecified atom stereocenters. The van der Waals surface area contributed by atoms with Crippen LogP contribution in [0.25, 0.3) is 0 Å². The number of carbonyl (C=O) groups excluding carboxylic acids is 3. The first-order chi connectivity index (χ1) is 13.4. The van der Waals surface area contributed by atoms with Crippen molar-refractivity contribution in [1.29, 1.82) is 0 Å². The standard InChI is InChI=1S/C19H12Cl2N2O5/c1-27-19(26)11-4-2-3-5-13(11)23-17(24)14-15(22-28-16(14)18(23)25)10-7-6-9(20)8-12(10)21/h2-8,14,16H,1H3/t14-,16+/m1/s1. The number of oxime groups is 1. The highest BCUT2D eigenvalue weighted by Gasteiger charge is 2.56. The number of ether oxygens (including phenoxy) is 1. The number of methoxy groups -OCH3 is 1. The lowest BCUT2D eigenvalue weighted by Crippen LogP contribution is -2.34. The topological polar surface area (TPSA) is 85.3 Å². The zero-order chi connectivity index (χ0) is 20.0. The average Bonchev–Trinajstić information content (AvgIpc) is 3.21. The van der Waals surface area contributed by atoms with Crippen LogP contribution in [0.4, 0.5) is 5.69 Å². The van der Waals surface area contributed by atoms with Crippen LogP contribution in [0, 0.1) is 5.92 Å². The summed E-state index contributed by atoms with van der Waals surface area (Å²) in [5.74, 6) is -2.82. The lowest BCUT2D eigenvalue weighted by Gasteiger charge is -2.18. The van der Waals surface area contributed by atoms with E-state index in [0.29, 0.717) is 10.6 Å². The molecule has 28 heavy (non-hydrogen) atoms. The van der Waals surface area contributed by atoms with Crippen LogP contribution in [-0.2, 0) is 19.2 Å². The molecule has 2 aliphatic rings. The average molecular weight is 419 g/mol. The Kier molecular flexibility index (Phi) is 4.56. The fraction of sp³-hybridized carbons (Fsp3) is 0.158. The first kappa shape index (κ1) is 18.5. The number of nitrogens with zero attached hydrogens (tertiary/aromatic N) is 2. The molecular formula is C19H12Cl2N2O5. The lowest BCUT2D eigenvalue weighted by molar-refractivity contribution is -0.126. The van der Waals surface area contributed by atoms with E-state index in [1.165, 1.54) is 25.3 Å². The number of para-hydroxylation sites is 1. The molecule has 2 heterocycles. The van der Waals surface area contributed by atoms with Crippen molar-refractivity contribution in [3.8, 4) is 0 Å². The van der Waals surface area contributed by atoms with E-state index in [9.17, 15) is 14.4 Å². The van der Waals surface area contributed by atoms with Crippen molar-refractivity contribution in [2.75, 3.05) is 12.0 Å². The van der Waals surface area contributed by atoms with E-state index in [4.69, 9.17) is 32.8 Å². The van der Waals surface area contributed by atoms with Crippen LogP contribution >= 0.6 is 23.2 Å². The van der Waals surface area contributed by atoms with E-state index in [2.05, 4.69) is 5.16 Å².